The number of methoxy groups -OCH3 is 2. The van der Waals surface area contributed by atoms with E-state index in [0.29, 0.717) is 39.8 Å². The number of benzene rings is 3. The Morgan fingerprint density at radius 2 is 1.66 bits per heavy atom. The van der Waals surface area contributed by atoms with E-state index in [1.165, 1.54) is 31.4 Å². The van der Waals surface area contributed by atoms with Crippen molar-refractivity contribution >= 4 is 50.1 Å². The lowest BCUT2D eigenvalue weighted by atomic mass is 10.1. The third kappa shape index (κ3) is 7.49. The van der Waals surface area contributed by atoms with Crippen molar-refractivity contribution in [3.05, 3.63) is 88.3 Å². The molecular formula is C27H26N4O7S3. The Morgan fingerprint density at radius 3 is 2.37 bits per heavy atom. The van der Waals surface area contributed by atoms with E-state index >= 15 is 0 Å². The Labute approximate surface area is 246 Å². The van der Waals surface area contributed by atoms with Crippen LogP contribution in [0.1, 0.15) is 0 Å². The minimum Gasteiger partial charge on any atom is -0.493 e. The predicted molar refractivity (Wildman–Crippen MR) is 162 cm³/mol. The van der Waals surface area contributed by atoms with Crippen molar-refractivity contribution in [3.63, 3.8) is 0 Å². The Balaban J connectivity index is 1.40. The SMILES string of the molecule is COc1ccc(Oc2ccccc2-c2ccsc2S(=O)(=O)NCCNC(=S)Nc2ccc([N+](=O)[O-])cc2)cc1OC. The largest absolute Gasteiger partial charge is 0.493 e. The van der Waals surface area contributed by atoms with Crippen LogP contribution in [-0.4, -0.2) is 45.8 Å². The first-order valence-electron chi connectivity index (χ1n) is 12.1. The van der Waals surface area contributed by atoms with E-state index in [-0.39, 0.29) is 28.1 Å². The smallest absolute Gasteiger partial charge is 0.269 e. The monoisotopic (exact) mass is 614 g/mol. The molecule has 4 rings (SSSR count). The summed E-state index contributed by atoms with van der Waals surface area (Å²) in [5.74, 6) is 2.03. The van der Waals surface area contributed by atoms with Gasteiger partial charge >= 0.3 is 0 Å². The number of nitro groups is 1. The summed E-state index contributed by atoms with van der Waals surface area (Å²) in [5.41, 5.74) is 1.63. The summed E-state index contributed by atoms with van der Waals surface area (Å²) < 4.78 is 46.0. The van der Waals surface area contributed by atoms with Crippen LogP contribution in [0.5, 0.6) is 23.0 Å². The average molecular weight is 615 g/mol. The van der Waals surface area contributed by atoms with Gasteiger partial charge < -0.3 is 24.8 Å². The highest BCUT2D eigenvalue weighted by Gasteiger charge is 2.23. The average Bonchev–Trinajstić information content (AvgIpc) is 3.47. The summed E-state index contributed by atoms with van der Waals surface area (Å²) in [7, 11) is -0.789. The summed E-state index contributed by atoms with van der Waals surface area (Å²) in [6.45, 7) is 0.267. The third-order valence-electron chi connectivity index (χ3n) is 5.67. The summed E-state index contributed by atoms with van der Waals surface area (Å²) in [6, 6.07) is 19.8. The van der Waals surface area contributed by atoms with Crippen LogP contribution in [0.25, 0.3) is 11.1 Å². The molecule has 0 saturated carbocycles. The first-order chi connectivity index (χ1) is 19.7. The lowest BCUT2D eigenvalue weighted by Gasteiger charge is -2.14. The van der Waals surface area contributed by atoms with Gasteiger partial charge in [-0.25, -0.2) is 13.1 Å². The maximum atomic E-state index is 13.2. The molecule has 41 heavy (non-hydrogen) atoms. The van der Waals surface area contributed by atoms with Crippen LogP contribution >= 0.6 is 23.6 Å². The number of anilines is 1. The minimum absolute atomic E-state index is 0.0353. The van der Waals surface area contributed by atoms with E-state index < -0.39 is 14.9 Å². The molecule has 3 aromatic carbocycles. The Hall–Kier alpha value is -4.24. The van der Waals surface area contributed by atoms with Gasteiger partial charge in [0.1, 0.15) is 15.7 Å². The molecule has 0 spiro atoms. The molecule has 0 atom stereocenters. The number of sulfonamides is 1. The van der Waals surface area contributed by atoms with E-state index in [1.54, 1.807) is 61.0 Å². The Morgan fingerprint density at radius 1 is 0.927 bits per heavy atom. The van der Waals surface area contributed by atoms with E-state index in [1.807, 2.05) is 0 Å². The Kier molecular flexibility index (Phi) is 9.73. The number of nitro benzene ring substituents is 1. The lowest BCUT2D eigenvalue weighted by Crippen LogP contribution is -2.36. The predicted octanol–water partition coefficient (Wildman–Crippen LogP) is 5.40. The van der Waals surface area contributed by atoms with Crippen molar-refractivity contribution in [1.82, 2.24) is 10.0 Å². The first kappa shape index (κ1) is 29.7. The number of thiocarbonyl (C=S) groups is 1. The van der Waals surface area contributed by atoms with Crippen LogP contribution in [-0.2, 0) is 10.0 Å². The quantitative estimate of drug-likeness (QED) is 0.0822. The topological polar surface area (TPSA) is 141 Å². The molecule has 0 fully saturated rings. The van der Waals surface area contributed by atoms with Gasteiger partial charge in [-0.15, -0.1) is 11.3 Å². The number of hydrogen-bond donors (Lipinski definition) is 3. The van der Waals surface area contributed by atoms with Gasteiger partial charge in [0, 0.05) is 48.1 Å². The molecule has 0 bridgehead atoms. The molecule has 0 unspecified atom stereocenters. The summed E-state index contributed by atoms with van der Waals surface area (Å²) in [4.78, 5) is 10.3. The number of non-ortho nitro benzene ring substituents is 1. The number of para-hydroxylation sites is 1. The van der Waals surface area contributed by atoms with Crippen molar-refractivity contribution in [2.45, 2.75) is 4.21 Å². The van der Waals surface area contributed by atoms with Gasteiger partial charge in [0.2, 0.25) is 0 Å². The maximum absolute atomic E-state index is 13.2. The molecule has 14 heteroatoms. The molecule has 4 aromatic rings. The zero-order chi connectivity index (χ0) is 29.4. The fourth-order valence-corrected chi connectivity index (χ4v) is 6.43. The van der Waals surface area contributed by atoms with Gasteiger partial charge in [0.25, 0.3) is 15.7 Å². The van der Waals surface area contributed by atoms with Crippen LogP contribution in [0, 0.1) is 10.1 Å². The fraction of sp³-hybridized carbons (Fsp3) is 0.148. The second kappa shape index (κ2) is 13.4. The number of nitrogens with one attached hydrogen (secondary N) is 3. The van der Waals surface area contributed by atoms with E-state index in [2.05, 4.69) is 15.4 Å². The maximum Gasteiger partial charge on any atom is 0.269 e. The van der Waals surface area contributed by atoms with Crippen LogP contribution < -0.4 is 29.6 Å². The molecule has 1 aromatic heterocycles. The van der Waals surface area contributed by atoms with Gasteiger partial charge in [-0.2, -0.15) is 0 Å². The van der Waals surface area contributed by atoms with Gasteiger partial charge in [-0.05, 0) is 54.0 Å². The van der Waals surface area contributed by atoms with E-state index in [4.69, 9.17) is 26.4 Å². The van der Waals surface area contributed by atoms with Gasteiger partial charge in [-0.3, -0.25) is 10.1 Å². The standard InChI is InChI=1S/C27H26N4O7S3/c1-36-24-12-11-20(17-25(24)37-2)38-23-6-4-3-5-21(23)22-13-16-40-26(22)41(34,35)29-15-14-28-27(39)30-18-7-9-19(10-8-18)31(32)33/h3-13,16-17,29H,14-15H2,1-2H3,(H2,28,30,39). The van der Waals surface area contributed by atoms with Gasteiger partial charge in [-0.1, -0.05) is 18.2 Å². The second-order valence-corrected chi connectivity index (χ2v) is 11.6. The molecule has 0 radical (unpaired) electrons. The zero-order valence-electron chi connectivity index (χ0n) is 21.9. The molecule has 0 aliphatic rings. The van der Waals surface area contributed by atoms with Gasteiger partial charge in [0.15, 0.2) is 16.6 Å². The molecule has 1 heterocycles. The number of hydrogen-bond acceptors (Lipinski definition) is 9. The number of nitrogens with zero attached hydrogens (tertiary/aromatic N) is 1. The van der Waals surface area contributed by atoms with Crippen LogP contribution in [0.15, 0.2) is 82.4 Å². The van der Waals surface area contributed by atoms with Crippen molar-refractivity contribution in [2.24, 2.45) is 0 Å². The molecule has 3 N–H and O–H groups in total. The van der Waals surface area contributed by atoms with Gasteiger partial charge in [0.05, 0.1) is 19.1 Å². The lowest BCUT2D eigenvalue weighted by molar-refractivity contribution is -0.384. The highest BCUT2D eigenvalue weighted by Crippen LogP contribution is 2.40. The summed E-state index contributed by atoms with van der Waals surface area (Å²) >= 11 is 6.33. The normalized spacial score (nSPS) is 11.0. The van der Waals surface area contributed by atoms with Crippen molar-refractivity contribution in [2.75, 3.05) is 32.6 Å². The van der Waals surface area contributed by atoms with Crippen LogP contribution in [0.3, 0.4) is 0 Å². The van der Waals surface area contributed by atoms with E-state index in [9.17, 15) is 18.5 Å². The number of thiophene rings is 1. The minimum atomic E-state index is -3.87. The number of ether oxygens (including phenoxy) is 3. The molecule has 0 aliphatic carbocycles. The summed E-state index contributed by atoms with van der Waals surface area (Å²) in [5, 5.41) is 18.5. The molecule has 11 nitrogen and oxygen atoms in total. The molecule has 0 saturated heterocycles. The molecule has 214 valence electrons. The van der Waals surface area contributed by atoms with E-state index in [0.717, 1.165) is 11.3 Å². The Bertz CT molecular complexity index is 1640. The molecular weight excluding hydrogens is 589 g/mol. The first-order valence-corrected chi connectivity index (χ1v) is 14.8. The van der Waals surface area contributed by atoms with Crippen LogP contribution in [0.4, 0.5) is 11.4 Å². The van der Waals surface area contributed by atoms with Crippen molar-refractivity contribution in [1.29, 1.82) is 0 Å². The third-order valence-corrected chi connectivity index (χ3v) is 8.86. The van der Waals surface area contributed by atoms with Crippen molar-refractivity contribution < 1.29 is 27.6 Å². The zero-order valence-corrected chi connectivity index (χ0v) is 24.4. The molecule has 0 amide bonds. The second-order valence-electron chi connectivity index (χ2n) is 8.32. The van der Waals surface area contributed by atoms with Crippen molar-refractivity contribution in [3.8, 4) is 34.1 Å². The molecule has 0 aliphatic heterocycles. The summed E-state index contributed by atoms with van der Waals surface area (Å²) in [6.07, 6.45) is 0. The fourth-order valence-electron chi connectivity index (χ4n) is 3.76. The van der Waals surface area contributed by atoms with Crippen LogP contribution in [0.2, 0.25) is 0 Å². The highest BCUT2D eigenvalue weighted by molar-refractivity contribution is 7.91. The highest BCUT2D eigenvalue weighted by atomic mass is 32.2. The number of rotatable bonds is 12.